The molecule has 0 atom stereocenters. The molecule has 0 saturated carbocycles. The maximum atomic E-state index is 11.9. The summed E-state index contributed by atoms with van der Waals surface area (Å²) in [7, 11) is 0. The summed E-state index contributed by atoms with van der Waals surface area (Å²) in [5.74, 6) is -0.325. The van der Waals surface area contributed by atoms with E-state index >= 15 is 0 Å². The lowest BCUT2D eigenvalue weighted by atomic mass is 10.1. The van der Waals surface area contributed by atoms with Crippen LogP contribution in [0.5, 0.6) is 0 Å². The van der Waals surface area contributed by atoms with E-state index < -0.39 is 0 Å². The molecule has 0 heterocycles. The Bertz CT molecular complexity index is 552. The van der Waals surface area contributed by atoms with Crippen molar-refractivity contribution in [2.75, 3.05) is 13.2 Å². The molecule has 0 amide bonds. The second kappa shape index (κ2) is 8.19. The van der Waals surface area contributed by atoms with E-state index in [-0.39, 0.29) is 19.2 Å². The lowest BCUT2D eigenvalue weighted by Gasteiger charge is -2.06. The van der Waals surface area contributed by atoms with Crippen molar-refractivity contribution in [1.29, 1.82) is 0 Å². The Morgan fingerprint density at radius 1 is 1.00 bits per heavy atom. The highest BCUT2D eigenvalue weighted by Crippen LogP contribution is 2.08. The van der Waals surface area contributed by atoms with Crippen LogP contribution in [0.3, 0.4) is 0 Å². The monoisotopic (exact) mass is 285 g/mol. The molecular formula is C17H19NO3. The van der Waals surface area contributed by atoms with Gasteiger partial charge in [0.05, 0.1) is 12.2 Å². The standard InChI is InChI=1S/C17H19NO3/c19-11-10-18-12-14-6-8-16(9-7-14)17(20)21-13-15-4-2-1-3-5-15/h1-9,18-19H,10-13H2. The lowest BCUT2D eigenvalue weighted by Crippen LogP contribution is -2.17. The lowest BCUT2D eigenvalue weighted by molar-refractivity contribution is 0.0472. The molecule has 0 radical (unpaired) electrons. The normalized spacial score (nSPS) is 10.3. The molecule has 0 saturated heterocycles. The van der Waals surface area contributed by atoms with Crippen LogP contribution < -0.4 is 5.32 Å². The van der Waals surface area contributed by atoms with Gasteiger partial charge in [0.1, 0.15) is 6.61 Å². The predicted molar refractivity (Wildman–Crippen MR) is 80.8 cm³/mol. The van der Waals surface area contributed by atoms with Gasteiger partial charge in [-0.05, 0) is 23.3 Å². The molecular weight excluding hydrogens is 266 g/mol. The van der Waals surface area contributed by atoms with Gasteiger partial charge in [0.2, 0.25) is 0 Å². The molecule has 0 aliphatic carbocycles. The molecule has 0 aromatic heterocycles. The third-order valence-electron chi connectivity index (χ3n) is 3.02. The Labute approximate surface area is 124 Å². The van der Waals surface area contributed by atoms with E-state index in [9.17, 15) is 4.79 Å². The van der Waals surface area contributed by atoms with E-state index in [1.165, 1.54) is 0 Å². The van der Waals surface area contributed by atoms with Gasteiger partial charge in [-0.15, -0.1) is 0 Å². The Morgan fingerprint density at radius 3 is 2.38 bits per heavy atom. The summed E-state index contributed by atoms with van der Waals surface area (Å²) in [6, 6.07) is 16.9. The molecule has 0 spiro atoms. The molecule has 4 nitrogen and oxygen atoms in total. The molecule has 0 aliphatic heterocycles. The smallest absolute Gasteiger partial charge is 0.338 e. The molecule has 0 fully saturated rings. The van der Waals surface area contributed by atoms with Crippen LogP contribution in [0, 0.1) is 0 Å². The van der Waals surface area contributed by atoms with Gasteiger partial charge in [-0.1, -0.05) is 42.5 Å². The molecule has 0 unspecified atom stereocenters. The fraction of sp³-hybridized carbons (Fsp3) is 0.235. The third kappa shape index (κ3) is 5.02. The van der Waals surface area contributed by atoms with E-state index in [0.29, 0.717) is 18.7 Å². The summed E-state index contributed by atoms with van der Waals surface area (Å²) < 4.78 is 5.26. The topological polar surface area (TPSA) is 58.6 Å². The first-order valence-corrected chi connectivity index (χ1v) is 6.91. The number of carbonyl (C=O) groups is 1. The number of hydrogen-bond donors (Lipinski definition) is 2. The van der Waals surface area contributed by atoms with Crippen LogP contribution in [0.25, 0.3) is 0 Å². The van der Waals surface area contributed by atoms with Gasteiger partial charge in [-0.3, -0.25) is 0 Å². The van der Waals surface area contributed by atoms with Crippen molar-refractivity contribution in [3.63, 3.8) is 0 Å². The molecule has 2 N–H and O–H groups in total. The van der Waals surface area contributed by atoms with Crippen LogP contribution >= 0.6 is 0 Å². The highest BCUT2D eigenvalue weighted by molar-refractivity contribution is 5.89. The largest absolute Gasteiger partial charge is 0.457 e. The molecule has 110 valence electrons. The van der Waals surface area contributed by atoms with Gasteiger partial charge < -0.3 is 15.2 Å². The van der Waals surface area contributed by atoms with E-state index in [1.54, 1.807) is 12.1 Å². The van der Waals surface area contributed by atoms with Gasteiger partial charge >= 0.3 is 5.97 Å². The fourth-order valence-corrected chi connectivity index (χ4v) is 1.88. The minimum absolute atomic E-state index is 0.115. The molecule has 2 aromatic rings. The summed E-state index contributed by atoms with van der Waals surface area (Å²) in [5.41, 5.74) is 2.57. The second-order valence-electron chi connectivity index (χ2n) is 4.66. The van der Waals surface area contributed by atoms with Gasteiger partial charge in [-0.25, -0.2) is 4.79 Å². The summed E-state index contributed by atoms with van der Waals surface area (Å²) in [6.07, 6.45) is 0. The first-order chi connectivity index (χ1) is 10.3. The number of nitrogens with one attached hydrogen (secondary N) is 1. The first kappa shape index (κ1) is 15.2. The van der Waals surface area contributed by atoms with E-state index in [4.69, 9.17) is 9.84 Å². The van der Waals surface area contributed by atoms with Gasteiger partial charge in [0.15, 0.2) is 0 Å². The highest BCUT2D eigenvalue weighted by Gasteiger charge is 2.07. The Kier molecular flexibility index (Phi) is 5.94. The molecule has 4 heteroatoms. The zero-order valence-corrected chi connectivity index (χ0v) is 11.8. The first-order valence-electron chi connectivity index (χ1n) is 6.91. The second-order valence-corrected chi connectivity index (χ2v) is 4.66. The number of rotatable bonds is 7. The number of benzene rings is 2. The maximum absolute atomic E-state index is 11.9. The van der Waals surface area contributed by atoms with Crippen LogP contribution in [-0.4, -0.2) is 24.2 Å². The van der Waals surface area contributed by atoms with Crippen LogP contribution in [-0.2, 0) is 17.9 Å². The van der Waals surface area contributed by atoms with Crippen LogP contribution in [0.1, 0.15) is 21.5 Å². The van der Waals surface area contributed by atoms with E-state index in [2.05, 4.69) is 5.32 Å². The molecule has 2 aromatic carbocycles. The number of esters is 1. The van der Waals surface area contributed by atoms with Crippen molar-refractivity contribution in [3.05, 3.63) is 71.3 Å². The van der Waals surface area contributed by atoms with Crippen molar-refractivity contribution >= 4 is 5.97 Å². The predicted octanol–water partition coefficient (Wildman–Crippen LogP) is 2.13. The van der Waals surface area contributed by atoms with Gasteiger partial charge in [0.25, 0.3) is 0 Å². The average molecular weight is 285 g/mol. The number of carbonyl (C=O) groups excluding carboxylic acids is 1. The number of hydrogen-bond acceptors (Lipinski definition) is 4. The summed E-state index contributed by atoms with van der Waals surface area (Å²) >= 11 is 0. The van der Waals surface area contributed by atoms with Crippen molar-refractivity contribution in [1.82, 2.24) is 5.32 Å². The number of aliphatic hydroxyl groups is 1. The zero-order chi connectivity index (χ0) is 14.9. The minimum atomic E-state index is -0.325. The third-order valence-corrected chi connectivity index (χ3v) is 3.02. The van der Waals surface area contributed by atoms with Crippen molar-refractivity contribution < 1.29 is 14.6 Å². The Morgan fingerprint density at radius 2 is 1.71 bits per heavy atom. The molecule has 2 rings (SSSR count). The number of ether oxygens (including phenoxy) is 1. The van der Waals surface area contributed by atoms with Crippen molar-refractivity contribution in [3.8, 4) is 0 Å². The van der Waals surface area contributed by atoms with E-state index in [1.807, 2.05) is 42.5 Å². The fourth-order valence-electron chi connectivity index (χ4n) is 1.88. The molecule has 21 heavy (non-hydrogen) atoms. The SMILES string of the molecule is O=C(OCc1ccccc1)c1ccc(CNCCO)cc1. The molecule has 0 aliphatic rings. The number of aliphatic hydroxyl groups excluding tert-OH is 1. The minimum Gasteiger partial charge on any atom is -0.457 e. The van der Waals surface area contributed by atoms with Crippen LogP contribution in [0.2, 0.25) is 0 Å². The average Bonchev–Trinajstić information content (AvgIpc) is 2.54. The van der Waals surface area contributed by atoms with E-state index in [0.717, 1.165) is 11.1 Å². The highest BCUT2D eigenvalue weighted by atomic mass is 16.5. The summed E-state index contributed by atoms with van der Waals surface area (Å²) in [6.45, 7) is 1.62. The quantitative estimate of drug-likeness (QED) is 0.604. The van der Waals surface area contributed by atoms with Gasteiger partial charge in [-0.2, -0.15) is 0 Å². The maximum Gasteiger partial charge on any atom is 0.338 e. The van der Waals surface area contributed by atoms with Crippen LogP contribution in [0.4, 0.5) is 0 Å². The summed E-state index contributed by atoms with van der Waals surface area (Å²) in [4.78, 5) is 11.9. The van der Waals surface area contributed by atoms with Crippen LogP contribution in [0.15, 0.2) is 54.6 Å². The van der Waals surface area contributed by atoms with Crippen molar-refractivity contribution in [2.24, 2.45) is 0 Å². The van der Waals surface area contributed by atoms with Gasteiger partial charge in [0, 0.05) is 13.1 Å². The van der Waals surface area contributed by atoms with Crippen molar-refractivity contribution in [2.45, 2.75) is 13.2 Å². The Hall–Kier alpha value is -2.17. The zero-order valence-electron chi connectivity index (χ0n) is 11.8. The molecule has 0 bridgehead atoms. The summed E-state index contributed by atoms with van der Waals surface area (Å²) in [5, 5.41) is 11.8. The Balaban J connectivity index is 1.85.